The molecule has 1 aromatic carbocycles. The quantitative estimate of drug-likeness (QED) is 0.610. The fraction of sp³-hybridized carbons (Fsp3) is 0.308. The van der Waals surface area contributed by atoms with Crippen molar-refractivity contribution >= 4 is 11.5 Å². The van der Waals surface area contributed by atoms with Crippen LogP contribution in [-0.2, 0) is 15.7 Å². The van der Waals surface area contributed by atoms with Crippen molar-refractivity contribution < 1.29 is 22.7 Å². The minimum Gasteiger partial charge on any atom is -0.463 e. The molecule has 0 fully saturated rings. The maximum atomic E-state index is 12.3. The van der Waals surface area contributed by atoms with Crippen molar-refractivity contribution in [1.82, 2.24) is 0 Å². The first kappa shape index (κ1) is 14.3. The van der Waals surface area contributed by atoms with Crippen molar-refractivity contribution in [3.8, 4) is 0 Å². The van der Waals surface area contributed by atoms with Crippen LogP contribution in [0.3, 0.4) is 0 Å². The van der Waals surface area contributed by atoms with Crippen molar-refractivity contribution in [2.75, 3.05) is 6.61 Å². The standard InChI is InChI=1S/C13H13F3O2/c1-3-18-12(17)8-9(2)10-4-6-11(7-5-10)13(14,15)16/h4-8H,3H2,1-2H3/b9-8+. The van der Waals surface area contributed by atoms with E-state index in [0.29, 0.717) is 11.1 Å². The molecule has 5 heteroatoms. The number of carbonyl (C=O) groups is 1. The molecule has 0 aliphatic carbocycles. The number of hydrogen-bond donors (Lipinski definition) is 0. The smallest absolute Gasteiger partial charge is 0.416 e. The summed E-state index contributed by atoms with van der Waals surface area (Å²) in [6, 6.07) is 4.62. The Bertz CT molecular complexity index is 444. The highest BCUT2D eigenvalue weighted by molar-refractivity contribution is 5.90. The van der Waals surface area contributed by atoms with E-state index >= 15 is 0 Å². The Morgan fingerprint density at radius 1 is 1.28 bits per heavy atom. The van der Waals surface area contributed by atoms with E-state index in [9.17, 15) is 18.0 Å². The zero-order chi connectivity index (χ0) is 13.8. The zero-order valence-electron chi connectivity index (χ0n) is 10.0. The molecule has 18 heavy (non-hydrogen) atoms. The van der Waals surface area contributed by atoms with Crippen LogP contribution in [0.1, 0.15) is 25.0 Å². The maximum Gasteiger partial charge on any atom is 0.416 e. The Labute approximate surface area is 103 Å². The van der Waals surface area contributed by atoms with Gasteiger partial charge in [0.15, 0.2) is 0 Å². The number of allylic oxidation sites excluding steroid dienone is 1. The highest BCUT2D eigenvalue weighted by atomic mass is 19.4. The van der Waals surface area contributed by atoms with Crippen LogP contribution in [0.5, 0.6) is 0 Å². The molecule has 1 rings (SSSR count). The molecule has 1 aromatic rings. The van der Waals surface area contributed by atoms with Gasteiger partial charge >= 0.3 is 12.1 Å². The fourth-order valence-electron chi connectivity index (χ4n) is 1.37. The zero-order valence-corrected chi connectivity index (χ0v) is 10.0. The van der Waals surface area contributed by atoms with E-state index < -0.39 is 17.7 Å². The topological polar surface area (TPSA) is 26.3 Å². The van der Waals surface area contributed by atoms with Crippen LogP contribution in [0.25, 0.3) is 5.57 Å². The second-order valence-corrected chi connectivity index (χ2v) is 3.65. The number of esters is 1. The van der Waals surface area contributed by atoms with Crippen molar-refractivity contribution in [2.24, 2.45) is 0 Å². The normalized spacial score (nSPS) is 12.4. The van der Waals surface area contributed by atoms with Crippen LogP contribution in [0.15, 0.2) is 30.3 Å². The van der Waals surface area contributed by atoms with Gasteiger partial charge in [-0.05, 0) is 37.1 Å². The summed E-state index contributed by atoms with van der Waals surface area (Å²) in [5.41, 5.74) is 0.397. The molecular weight excluding hydrogens is 245 g/mol. The lowest BCUT2D eigenvalue weighted by atomic mass is 10.0. The third-order valence-corrected chi connectivity index (χ3v) is 2.29. The van der Waals surface area contributed by atoms with Crippen LogP contribution >= 0.6 is 0 Å². The molecule has 0 spiro atoms. The molecule has 0 unspecified atom stereocenters. The predicted molar refractivity (Wildman–Crippen MR) is 61.7 cm³/mol. The third kappa shape index (κ3) is 3.91. The first-order valence-electron chi connectivity index (χ1n) is 5.37. The predicted octanol–water partition coefficient (Wildman–Crippen LogP) is 3.67. The molecule has 98 valence electrons. The summed E-state index contributed by atoms with van der Waals surface area (Å²) in [6.07, 6.45) is -3.09. The van der Waals surface area contributed by atoms with Crippen LogP contribution in [0, 0.1) is 0 Å². The SMILES string of the molecule is CCOC(=O)/C=C(\C)c1ccc(C(F)(F)F)cc1. The average molecular weight is 258 g/mol. The second kappa shape index (κ2) is 5.71. The lowest BCUT2D eigenvalue weighted by Gasteiger charge is -2.07. The highest BCUT2D eigenvalue weighted by Gasteiger charge is 2.29. The average Bonchev–Trinajstić information content (AvgIpc) is 2.28. The van der Waals surface area contributed by atoms with Gasteiger partial charge in [0.1, 0.15) is 0 Å². The van der Waals surface area contributed by atoms with E-state index in [2.05, 4.69) is 0 Å². The lowest BCUT2D eigenvalue weighted by molar-refractivity contribution is -0.138. The molecule has 0 heterocycles. The van der Waals surface area contributed by atoms with Crippen LogP contribution in [0.2, 0.25) is 0 Å². The minimum atomic E-state index is -4.35. The molecule has 0 bridgehead atoms. The Balaban J connectivity index is 2.89. The lowest BCUT2D eigenvalue weighted by Crippen LogP contribution is -2.04. The van der Waals surface area contributed by atoms with Gasteiger partial charge in [-0.25, -0.2) is 4.79 Å². The van der Waals surface area contributed by atoms with Gasteiger partial charge in [0.25, 0.3) is 0 Å². The van der Waals surface area contributed by atoms with E-state index in [1.54, 1.807) is 13.8 Å². The van der Waals surface area contributed by atoms with Crippen molar-refractivity contribution in [3.05, 3.63) is 41.5 Å². The number of halogens is 3. The molecule has 0 amide bonds. The number of hydrogen-bond acceptors (Lipinski definition) is 2. The summed E-state index contributed by atoms with van der Waals surface area (Å²) in [6.45, 7) is 3.58. The molecule has 0 atom stereocenters. The maximum absolute atomic E-state index is 12.3. The largest absolute Gasteiger partial charge is 0.463 e. The van der Waals surface area contributed by atoms with E-state index in [4.69, 9.17) is 4.74 Å². The van der Waals surface area contributed by atoms with Gasteiger partial charge in [-0.2, -0.15) is 13.2 Å². The minimum absolute atomic E-state index is 0.260. The van der Waals surface area contributed by atoms with E-state index in [1.165, 1.54) is 18.2 Å². The van der Waals surface area contributed by atoms with Gasteiger partial charge in [0.2, 0.25) is 0 Å². The van der Waals surface area contributed by atoms with Crippen molar-refractivity contribution in [1.29, 1.82) is 0 Å². The fourth-order valence-corrected chi connectivity index (χ4v) is 1.37. The molecule has 0 saturated heterocycles. The number of alkyl halides is 3. The van der Waals surface area contributed by atoms with Crippen LogP contribution < -0.4 is 0 Å². The van der Waals surface area contributed by atoms with Crippen molar-refractivity contribution in [3.63, 3.8) is 0 Å². The Morgan fingerprint density at radius 3 is 2.28 bits per heavy atom. The first-order valence-corrected chi connectivity index (χ1v) is 5.37. The van der Waals surface area contributed by atoms with E-state index in [0.717, 1.165) is 12.1 Å². The second-order valence-electron chi connectivity index (χ2n) is 3.65. The number of benzene rings is 1. The Kier molecular flexibility index (Phi) is 4.53. The monoisotopic (exact) mass is 258 g/mol. The summed E-state index contributed by atoms with van der Waals surface area (Å²) in [5.74, 6) is -0.505. The molecule has 0 aliphatic heterocycles. The van der Waals surface area contributed by atoms with Crippen molar-refractivity contribution in [2.45, 2.75) is 20.0 Å². The Morgan fingerprint density at radius 2 is 1.83 bits per heavy atom. The molecule has 0 aliphatic rings. The van der Waals surface area contributed by atoms with E-state index in [1.807, 2.05) is 0 Å². The van der Waals surface area contributed by atoms with Gasteiger partial charge in [-0.3, -0.25) is 0 Å². The number of carbonyl (C=O) groups excluding carboxylic acids is 1. The molecule has 0 aromatic heterocycles. The summed E-state index contributed by atoms with van der Waals surface area (Å²) in [7, 11) is 0. The summed E-state index contributed by atoms with van der Waals surface area (Å²) >= 11 is 0. The summed E-state index contributed by atoms with van der Waals surface area (Å²) in [5, 5.41) is 0. The molecule has 0 radical (unpaired) electrons. The number of rotatable bonds is 3. The Hall–Kier alpha value is -1.78. The van der Waals surface area contributed by atoms with Gasteiger partial charge in [0, 0.05) is 6.08 Å². The van der Waals surface area contributed by atoms with Gasteiger partial charge < -0.3 is 4.74 Å². The highest BCUT2D eigenvalue weighted by Crippen LogP contribution is 2.29. The van der Waals surface area contributed by atoms with Gasteiger partial charge in [0.05, 0.1) is 12.2 Å². The molecule has 0 N–H and O–H groups in total. The van der Waals surface area contributed by atoms with Crippen LogP contribution in [0.4, 0.5) is 13.2 Å². The molecule has 2 nitrogen and oxygen atoms in total. The van der Waals surface area contributed by atoms with E-state index in [-0.39, 0.29) is 6.61 Å². The molecular formula is C13H13F3O2. The van der Waals surface area contributed by atoms with Gasteiger partial charge in [-0.15, -0.1) is 0 Å². The van der Waals surface area contributed by atoms with Crippen LogP contribution in [-0.4, -0.2) is 12.6 Å². The summed E-state index contributed by atoms with van der Waals surface area (Å²) in [4.78, 5) is 11.2. The third-order valence-electron chi connectivity index (χ3n) is 2.29. The van der Waals surface area contributed by atoms with Gasteiger partial charge in [-0.1, -0.05) is 12.1 Å². The molecule has 0 saturated carbocycles. The first-order chi connectivity index (χ1) is 8.34. The number of ether oxygens (including phenoxy) is 1. The summed E-state index contributed by atoms with van der Waals surface area (Å²) < 4.78 is 41.7.